The summed E-state index contributed by atoms with van der Waals surface area (Å²) in [6.07, 6.45) is 1.50. The molecule has 0 saturated carbocycles. The SMILES string of the molecule is CC(C)(C)OC(=O)N1CCC(CN=[N+]=[N-])CC1. The number of azide groups is 1. The van der Waals surface area contributed by atoms with E-state index in [9.17, 15) is 4.79 Å². The standard InChI is InChI=1S/C11H20N4O2/c1-11(2,3)17-10(16)15-6-4-9(5-7-15)8-13-14-12/h9H,4-8H2,1-3H3. The van der Waals surface area contributed by atoms with Crippen LogP contribution in [-0.2, 0) is 4.74 Å². The summed E-state index contributed by atoms with van der Waals surface area (Å²) in [6, 6.07) is 0. The number of carbonyl (C=O) groups excluding carboxylic acids is 1. The van der Waals surface area contributed by atoms with Crippen LogP contribution in [0.15, 0.2) is 5.11 Å². The van der Waals surface area contributed by atoms with E-state index in [0.29, 0.717) is 25.6 Å². The maximum absolute atomic E-state index is 11.8. The Morgan fingerprint density at radius 1 is 1.47 bits per heavy atom. The third kappa shape index (κ3) is 4.95. The van der Waals surface area contributed by atoms with Crippen LogP contribution in [-0.4, -0.2) is 36.2 Å². The minimum atomic E-state index is -0.445. The number of amides is 1. The van der Waals surface area contributed by atoms with Crippen LogP contribution >= 0.6 is 0 Å². The number of ether oxygens (including phenoxy) is 1. The fourth-order valence-corrected chi connectivity index (χ4v) is 1.78. The fraction of sp³-hybridized carbons (Fsp3) is 0.909. The van der Waals surface area contributed by atoms with Crippen molar-refractivity contribution in [1.82, 2.24) is 4.90 Å². The molecule has 0 bridgehead atoms. The number of nitrogens with zero attached hydrogens (tertiary/aromatic N) is 4. The Morgan fingerprint density at radius 3 is 2.53 bits per heavy atom. The first kappa shape index (κ1) is 13.6. The van der Waals surface area contributed by atoms with Crippen LogP contribution in [0.25, 0.3) is 10.4 Å². The zero-order valence-electron chi connectivity index (χ0n) is 10.7. The van der Waals surface area contributed by atoms with Crippen molar-refractivity contribution in [2.24, 2.45) is 11.0 Å². The molecule has 6 nitrogen and oxygen atoms in total. The topological polar surface area (TPSA) is 78.3 Å². The van der Waals surface area contributed by atoms with Gasteiger partial charge in [-0.05, 0) is 45.1 Å². The zero-order chi connectivity index (χ0) is 12.9. The summed E-state index contributed by atoms with van der Waals surface area (Å²) in [5.74, 6) is 0.393. The molecule has 0 aromatic rings. The third-order valence-corrected chi connectivity index (χ3v) is 2.67. The molecule has 1 amide bonds. The van der Waals surface area contributed by atoms with Gasteiger partial charge >= 0.3 is 6.09 Å². The highest BCUT2D eigenvalue weighted by molar-refractivity contribution is 5.68. The highest BCUT2D eigenvalue weighted by atomic mass is 16.6. The van der Waals surface area contributed by atoms with E-state index in [-0.39, 0.29) is 6.09 Å². The Hall–Kier alpha value is -1.42. The maximum Gasteiger partial charge on any atom is 0.410 e. The Balaban J connectivity index is 2.36. The Labute approximate surface area is 102 Å². The lowest BCUT2D eigenvalue weighted by Crippen LogP contribution is -2.42. The number of carbonyl (C=O) groups is 1. The molecule has 1 aliphatic heterocycles. The Kier molecular flexibility index (Phi) is 4.63. The molecule has 6 heteroatoms. The fourth-order valence-electron chi connectivity index (χ4n) is 1.78. The van der Waals surface area contributed by atoms with Gasteiger partial charge in [0.15, 0.2) is 0 Å². The number of piperidine rings is 1. The van der Waals surface area contributed by atoms with Crippen molar-refractivity contribution in [2.45, 2.75) is 39.2 Å². The van der Waals surface area contributed by atoms with Gasteiger partial charge in [-0.15, -0.1) is 0 Å². The lowest BCUT2D eigenvalue weighted by atomic mass is 9.97. The smallest absolute Gasteiger partial charge is 0.410 e. The Bertz CT molecular complexity index is 310. The van der Waals surface area contributed by atoms with Crippen molar-refractivity contribution < 1.29 is 9.53 Å². The van der Waals surface area contributed by atoms with Gasteiger partial charge in [0.25, 0.3) is 0 Å². The van der Waals surface area contributed by atoms with Crippen LogP contribution in [0.2, 0.25) is 0 Å². The molecule has 0 unspecified atom stereocenters. The molecule has 0 aliphatic carbocycles. The van der Waals surface area contributed by atoms with E-state index in [0.717, 1.165) is 12.8 Å². The molecule has 1 heterocycles. The Morgan fingerprint density at radius 2 is 2.06 bits per heavy atom. The van der Waals surface area contributed by atoms with E-state index in [1.807, 2.05) is 20.8 Å². The molecule has 17 heavy (non-hydrogen) atoms. The first-order valence-corrected chi connectivity index (χ1v) is 5.91. The lowest BCUT2D eigenvalue weighted by Gasteiger charge is -2.32. The molecule has 96 valence electrons. The quantitative estimate of drug-likeness (QED) is 0.422. The van der Waals surface area contributed by atoms with Gasteiger partial charge in [-0.3, -0.25) is 0 Å². The van der Waals surface area contributed by atoms with E-state index >= 15 is 0 Å². The number of rotatable bonds is 2. The van der Waals surface area contributed by atoms with E-state index in [4.69, 9.17) is 10.3 Å². The molecule has 1 fully saturated rings. The van der Waals surface area contributed by atoms with Gasteiger partial charge in [-0.2, -0.15) is 0 Å². The second-order valence-electron chi connectivity index (χ2n) is 5.32. The first-order chi connectivity index (χ1) is 7.92. The zero-order valence-corrected chi connectivity index (χ0v) is 10.7. The van der Waals surface area contributed by atoms with Crippen molar-refractivity contribution in [2.75, 3.05) is 19.6 Å². The summed E-state index contributed by atoms with van der Waals surface area (Å²) < 4.78 is 5.30. The molecule has 1 aliphatic rings. The predicted octanol–water partition coefficient (Wildman–Crippen LogP) is 2.94. The normalized spacial score (nSPS) is 17.5. The van der Waals surface area contributed by atoms with E-state index < -0.39 is 5.60 Å². The monoisotopic (exact) mass is 240 g/mol. The van der Waals surface area contributed by atoms with Crippen LogP contribution in [0, 0.1) is 5.92 Å². The number of hydrogen-bond donors (Lipinski definition) is 0. The second kappa shape index (κ2) is 5.77. The van der Waals surface area contributed by atoms with E-state index in [1.54, 1.807) is 4.90 Å². The van der Waals surface area contributed by atoms with Crippen molar-refractivity contribution in [3.8, 4) is 0 Å². The largest absolute Gasteiger partial charge is 0.444 e. The van der Waals surface area contributed by atoms with Gasteiger partial charge in [-0.25, -0.2) is 4.79 Å². The average molecular weight is 240 g/mol. The minimum Gasteiger partial charge on any atom is -0.444 e. The molecule has 0 spiro atoms. The first-order valence-electron chi connectivity index (χ1n) is 5.91. The summed E-state index contributed by atoms with van der Waals surface area (Å²) in [6.45, 7) is 7.47. The summed E-state index contributed by atoms with van der Waals surface area (Å²) in [4.78, 5) is 16.2. The molecule has 1 rings (SSSR count). The van der Waals surface area contributed by atoms with Gasteiger partial charge in [-0.1, -0.05) is 5.11 Å². The van der Waals surface area contributed by atoms with Crippen molar-refractivity contribution in [3.05, 3.63) is 10.4 Å². The summed E-state index contributed by atoms with van der Waals surface area (Å²) >= 11 is 0. The second-order valence-corrected chi connectivity index (χ2v) is 5.32. The van der Waals surface area contributed by atoms with E-state index in [1.165, 1.54) is 0 Å². The maximum atomic E-state index is 11.8. The molecule has 0 aromatic carbocycles. The van der Waals surface area contributed by atoms with E-state index in [2.05, 4.69) is 10.0 Å². The van der Waals surface area contributed by atoms with Crippen molar-refractivity contribution in [3.63, 3.8) is 0 Å². The van der Waals surface area contributed by atoms with Gasteiger partial charge in [0, 0.05) is 24.5 Å². The molecule has 0 atom stereocenters. The van der Waals surface area contributed by atoms with Crippen LogP contribution in [0.5, 0.6) is 0 Å². The minimum absolute atomic E-state index is 0.250. The van der Waals surface area contributed by atoms with Gasteiger partial charge in [0.2, 0.25) is 0 Å². The molecule has 1 saturated heterocycles. The van der Waals surface area contributed by atoms with Crippen molar-refractivity contribution in [1.29, 1.82) is 0 Å². The molecule has 0 aromatic heterocycles. The third-order valence-electron chi connectivity index (χ3n) is 2.67. The summed E-state index contributed by atoms with van der Waals surface area (Å²) in [5, 5.41) is 3.57. The summed E-state index contributed by atoms with van der Waals surface area (Å²) in [5.41, 5.74) is 7.79. The van der Waals surface area contributed by atoms with Gasteiger partial charge < -0.3 is 9.64 Å². The average Bonchev–Trinajstić information content (AvgIpc) is 2.24. The van der Waals surface area contributed by atoms with Crippen LogP contribution in [0.3, 0.4) is 0 Å². The number of likely N-dealkylation sites (tertiary alicyclic amines) is 1. The highest BCUT2D eigenvalue weighted by Gasteiger charge is 2.26. The molecule has 0 radical (unpaired) electrons. The molecule has 0 N–H and O–H groups in total. The highest BCUT2D eigenvalue weighted by Crippen LogP contribution is 2.19. The van der Waals surface area contributed by atoms with Crippen molar-refractivity contribution >= 4 is 6.09 Å². The van der Waals surface area contributed by atoms with Gasteiger partial charge in [0.1, 0.15) is 5.60 Å². The van der Waals surface area contributed by atoms with Crippen LogP contribution in [0.4, 0.5) is 4.79 Å². The lowest BCUT2D eigenvalue weighted by molar-refractivity contribution is 0.0187. The van der Waals surface area contributed by atoms with Crippen LogP contribution in [0.1, 0.15) is 33.6 Å². The predicted molar refractivity (Wildman–Crippen MR) is 64.5 cm³/mol. The molecular formula is C11H20N4O2. The summed E-state index contributed by atoms with van der Waals surface area (Å²) in [7, 11) is 0. The number of hydrogen-bond acceptors (Lipinski definition) is 3. The molecular weight excluding hydrogens is 220 g/mol. The van der Waals surface area contributed by atoms with Gasteiger partial charge in [0.05, 0.1) is 0 Å². The van der Waals surface area contributed by atoms with Crippen LogP contribution < -0.4 is 0 Å².